The molecule has 1 aliphatic heterocycles. The highest BCUT2D eigenvalue weighted by molar-refractivity contribution is 6.08. The van der Waals surface area contributed by atoms with E-state index in [1.54, 1.807) is 12.1 Å². The first kappa shape index (κ1) is 20.4. The Bertz CT molecular complexity index is 968. The summed E-state index contributed by atoms with van der Waals surface area (Å²) < 4.78 is 44.3. The number of methoxy groups -OCH3 is 1. The average molecular weight is 410 g/mol. The molecule has 0 spiro atoms. The number of hydrogen-bond donors (Lipinski definition) is 2. The number of carbonyl (C=O) groups is 2. The van der Waals surface area contributed by atoms with Gasteiger partial charge in [0.25, 0.3) is 5.91 Å². The Morgan fingerprint density at radius 1 is 1.31 bits per heavy atom. The van der Waals surface area contributed by atoms with Gasteiger partial charge in [-0.15, -0.1) is 0 Å². The number of hydrogen-bond acceptors (Lipinski definition) is 6. The van der Waals surface area contributed by atoms with Crippen LogP contribution in [0, 0.1) is 0 Å². The summed E-state index contributed by atoms with van der Waals surface area (Å²) in [6.07, 6.45) is -3.45. The molecule has 8 nitrogen and oxygen atoms in total. The van der Waals surface area contributed by atoms with Crippen molar-refractivity contribution in [3.63, 3.8) is 0 Å². The van der Waals surface area contributed by atoms with Crippen LogP contribution in [0.2, 0.25) is 0 Å². The molecule has 154 valence electrons. The number of halogens is 3. The van der Waals surface area contributed by atoms with Crippen LogP contribution in [0.1, 0.15) is 5.69 Å². The van der Waals surface area contributed by atoms with Gasteiger partial charge in [0.2, 0.25) is 0 Å². The van der Waals surface area contributed by atoms with Crippen LogP contribution >= 0.6 is 0 Å². The second-order valence-electron chi connectivity index (χ2n) is 6.08. The molecule has 0 saturated carbocycles. The number of anilines is 1. The second kappa shape index (κ2) is 7.95. The summed E-state index contributed by atoms with van der Waals surface area (Å²) >= 11 is 0. The number of amides is 1. The monoisotopic (exact) mass is 410 g/mol. The van der Waals surface area contributed by atoms with E-state index in [0.29, 0.717) is 0 Å². The summed E-state index contributed by atoms with van der Waals surface area (Å²) in [5.74, 6) is -1.26. The SMILES string of the molecule is COC(=O)C1=C(Nc2ccccc2-n2ccc(C(F)(F)F)n2)C(=O)N(CCO)C1. The standard InChI is InChI=1S/C18H17F3N4O4/c1-29-17(28)11-10-24(8-9-26)16(27)15(11)22-12-4-2-3-5-13(12)25-7-6-14(23-25)18(19,20)21/h2-7,22,26H,8-10H2,1H3. The lowest BCUT2D eigenvalue weighted by molar-refractivity contribution is -0.141. The van der Waals surface area contributed by atoms with Crippen LogP contribution in [-0.2, 0) is 20.5 Å². The zero-order valence-electron chi connectivity index (χ0n) is 15.2. The second-order valence-corrected chi connectivity index (χ2v) is 6.08. The van der Waals surface area contributed by atoms with Gasteiger partial charge in [0.15, 0.2) is 5.69 Å². The van der Waals surface area contributed by atoms with Crippen molar-refractivity contribution < 1.29 is 32.6 Å². The van der Waals surface area contributed by atoms with Crippen molar-refractivity contribution in [3.8, 4) is 5.69 Å². The van der Waals surface area contributed by atoms with Crippen molar-refractivity contribution in [1.29, 1.82) is 0 Å². The summed E-state index contributed by atoms with van der Waals surface area (Å²) in [6, 6.07) is 7.09. The largest absolute Gasteiger partial charge is 0.466 e. The number of aromatic nitrogens is 2. The van der Waals surface area contributed by atoms with Gasteiger partial charge >= 0.3 is 12.1 Å². The molecule has 0 saturated heterocycles. The molecule has 2 N–H and O–H groups in total. The van der Waals surface area contributed by atoms with Crippen LogP contribution in [-0.4, -0.2) is 58.5 Å². The van der Waals surface area contributed by atoms with Crippen LogP contribution in [0.5, 0.6) is 0 Å². The molecule has 1 aromatic carbocycles. The van der Waals surface area contributed by atoms with Crippen molar-refractivity contribution in [2.45, 2.75) is 6.18 Å². The number of esters is 1. The van der Waals surface area contributed by atoms with E-state index in [1.165, 1.54) is 24.1 Å². The summed E-state index contributed by atoms with van der Waals surface area (Å²) in [5, 5.41) is 15.5. The number of benzene rings is 1. The lowest BCUT2D eigenvalue weighted by atomic mass is 10.2. The van der Waals surface area contributed by atoms with E-state index in [-0.39, 0.29) is 42.3 Å². The molecule has 3 rings (SSSR count). The fourth-order valence-electron chi connectivity index (χ4n) is 2.87. The van der Waals surface area contributed by atoms with Crippen molar-refractivity contribution in [3.05, 3.63) is 53.5 Å². The molecule has 2 heterocycles. The molecular formula is C18H17F3N4O4. The highest BCUT2D eigenvalue weighted by Crippen LogP contribution is 2.30. The van der Waals surface area contributed by atoms with Gasteiger partial charge in [-0.1, -0.05) is 12.1 Å². The summed E-state index contributed by atoms with van der Waals surface area (Å²) in [5.41, 5.74) is -0.570. The summed E-state index contributed by atoms with van der Waals surface area (Å²) in [4.78, 5) is 26.0. The maximum absolute atomic E-state index is 12.9. The van der Waals surface area contributed by atoms with Gasteiger partial charge in [-0.2, -0.15) is 18.3 Å². The Kier molecular flexibility index (Phi) is 5.59. The van der Waals surface area contributed by atoms with Crippen LogP contribution in [0.3, 0.4) is 0 Å². The number of para-hydroxylation sites is 2. The molecule has 29 heavy (non-hydrogen) atoms. The number of β-amino-alcohol motifs (C(OH)–C–C–N with tert-alkyl or cyclic N) is 1. The van der Waals surface area contributed by atoms with Crippen molar-refractivity contribution in [2.24, 2.45) is 0 Å². The molecule has 1 aliphatic rings. The summed E-state index contributed by atoms with van der Waals surface area (Å²) in [7, 11) is 1.17. The Balaban J connectivity index is 1.98. The van der Waals surface area contributed by atoms with E-state index in [2.05, 4.69) is 10.4 Å². The topological polar surface area (TPSA) is 96.7 Å². The Morgan fingerprint density at radius 3 is 2.66 bits per heavy atom. The van der Waals surface area contributed by atoms with Gasteiger partial charge in [0.1, 0.15) is 5.70 Å². The molecule has 2 aromatic rings. The third-order valence-corrected chi connectivity index (χ3v) is 4.24. The van der Waals surface area contributed by atoms with Crippen molar-refractivity contribution in [2.75, 3.05) is 32.1 Å². The van der Waals surface area contributed by atoms with Gasteiger partial charge in [-0.3, -0.25) is 4.79 Å². The predicted molar refractivity (Wildman–Crippen MR) is 94.9 cm³/mol. The fourth-order valence-corrected chi connectivity index (χ4v) is 2.87. The maximum atomic E-state index is 12.9. The van der Waals surface area contributed by atoms with Crippen LogP contribution in [0.15, 0.2) is 47.8 Å². The van der Waals surface area contributed by atoms with Gasteiger partial charge in [-0.05, 0) is 18.2 Å². The molecule has 11 heteroatoms. The number of rotatable bonds is 6. The lowest BCUT2D eigenvalue weighted by Crippen LogP contribution is -2.31. The molecule has 0 aliphatic carbocycles. The van der Waals surface area contributed by atoms with Crippen LogP contribution in [0.4, 0.5) is 18.9 Å². The maximum Gasteiger partial charge on any atom is 0.435 e. The third kappa shape index (κ3) is 4.09. The quantitative estimate of drug-likeness (QED) is 0.702. The molecule has 0 bridgehead atoms. The van der Waals surface area contributed by atoms with E-state index in [0.717, 1.165) is 16.9 Å². The first-order chi connectivity index (χ1) is 13.8. The highest BCUT2D eigenvalue weighted by Gasteiger charge is 2.35. The molecule has 0 radical (unpaired) electrons. The van der Waals surface area contributed by atoms with Gasteiger partial charge in [-0.25, -0.2) is 9.48 Å². The first-order valence-electron chi connectivity index (χ1n) is 8.47. The number of aliphatic hydroxyl groups excluding tert-OH is 1. The molecular weight excluding hydrogens is 393 g/mol. The van der Waals surface area contributed by atoms with Crippen molar-refractivity contribution in [1.82, 2.24) is 14.7 Å². The van der Waals surface area contributed by atoms with E-state index in [4.69, 9.17) is 9.84 Å². The van der Waals surface area contributed by atoms with Gasteiger partial charge in [0.05, 0.1) is 37.2 Å². The minimum atomic E-state index is -4.60. The Morgan fingerprint density at radius 2 is 2.03 bits per heavy atom. The van der Waals surface area contributed by atoms with Gasteiger partial charge in [0, 0.05) is 12.7 Å². The highest BCUT2D eigenvalue weighted by atomic mass is 19.4. The van der Waals surface area contributed by atoms with Crippen LogP contribution < -0.4 is 5.32 Å². The molecule has 1 amide bonds. The Hall–Kier alpha value is -3.34. The number of carbonyl (C=O) groups excluding carboxylic acids is 2. The van der Waals surface area contributed by atoms with E-state index in [9.17, 15) is 22.8 Å². The summed E-state index contributed by atoms with van der Waals surface area (Å²) in [6.45, 7) is -0.339. The average Bonchev–Trinajstić information content (AvgIpc) is 3.29. The third-order valence-electron chi connectivity index (χ3n) is 4.24. The zero-order valence-corrected chi connectivity index (χ0v) is 15.2. The van der Waals surface area contributed by atoms with Gasteiger partial charge < -0.3 is 20.1 Å². The number of aliphatic hydroxyl groups is 1. The molecule has 1 aromatic heterocycles. The minimum absolute atomic E-state index is 0.0141. The Labute approximate surface area is 163 Å². The number of alkyl halides is 3. The van der Waals surface area contributed by atoms with E-state index >= 15 is 0 Å². The smallest absolute Gasteiger partial charge is 0.435 e. The zero-order chi connectivity index (χ0) is 21.2. The van der Waals surface area contributed by atoms with Crippen LogP contribution in [0.25, 0.3) is 5.69 Å². The predicted octanol–water partition coefficient (Wildman–Crippen LogP) is 1.56. The number of nitrogens with one attached hydrogen (secondary N) is 1. The molecule has 0 atom stereocenters. The molecule has 0 unspecified atom stereocenters. The fraction of sp³-hybridized carbons (Fsp3) is 0.278. The van der Waals surface area contributed by atoms with E-state index < -0.39 is 23.7 Å². The first-order valence-corrected chi connectivity index (χ1v) is 8.47. The van der Waals surface area contributed by atoms with Crippen molar-refractivity contribution >= 4 is 17.6 Å². The minimum Gasteiger partial charge on any atom is -0.466 e. The van der Waals surface area contributed by atoms with E-state index in [1.807, 2.05) is 0 Å². The lowest BCUT2D eigenvalue weighted by Gasteiger charge is -2.16. The normalized spacial score (nSPS) is 14.5. The number of nitrogens with zero attached hydrogens (tertiary/aromatic N) is 3. The molecule has 0 fully saturated rings. The number of ether oxygens (including phenoxy) is 1.